The summed E-state index contributed by atoms with van der Waals surface area (Å²) in [5.74, 6) is 2.07. The van der Waals surface area contributed by atoms with Crippen LogP contribution in [0.3, 0.4) is 0 Å². The van der Waals surface area contributed by atoms with Gasteiger partial charge in [-0.05, 0) is 43.9 Å². The van der Waals surface area contributed by atoms with Crippen LogP contribution in [0.1, 0.15) is 45.4 Å². The standard InChI is InChI=1S/C16H26N2S/c1-2-10-18-16(14-6-4-3-5-7-14)13-19-15-8-11-17-12-9-15/h8-9,11-12,14,16,18H,2-7,10,13H2,1H3. The molecule has 1 heterocycles. The summed E-state index contributed by atoms with van der Waals surface area (Å²) in [4.78, 5) is 5.42. The van der Waals surface area contributed by atoms with Crippen molar-refractivity contribution in [1.82, 2.24) is 10.3 Å². The van der Waals surface area contributed by atoms with Gasteiger partial charge in [-0.15, -0.1) is 11.8 Å². The molecule has 3 heteroatoms. The molecule has 1 aliphatic rings. The Kier molecular flexibility index (Phi) is 6.72. The van der Waals surface area contributed by atoms with Crippen LogP contribution >= 0.6 is 11.8 Å². The number of pyridine rings is 1. The van der Waals surface area contributed by atoms with Gasteiger partial charge in [-0.1, -0.05) is 26.2 Å². The lowest BCUT2D eigenvalue weighted by Crippen LogP contribution is -2.39. The number of aromatic nitrogens is 1. The van der Waals surface area contributed by atoms with Gasteiger partial charge in [-0.2, -0.15) is 0 Å². The third-order valence-corrected chi connectivity index (χ3v) is 5.09. The molecule has 1 N–H and O–H groups in total. The minimum absolute atomic E-state index is 0.679. The number of thioether (sulfide) groups is 1. The molecule has 1 aromatic heterocycles. The first-order valence-electron chi connectivity index (χ1n) is 7.66. The summed E-state index contributed by atoms with van der Waals surface area (Å²) in [7, 11) is 0. The van der Waals surface area contributed by atoms with Crippen LogP contribution < -0.4 is 5.32 Å². The zero-order valence-electron chi connectivity index (χ0n) is 12.0. The zero-order valence-corrected chi connectivity index (χ0v) is 12.8. The van der Waals surface area contributed by atoms with Crippen molar-refractivity contribution in [3.8, 4) is 0 Å². The highest BCUT2D eigenvalue weighted by Crippen LogP contribution is 2.29. The van der Waals surface area contributed by atoms with E-state index in [1.165, 1.54) is 49.2 Å². The summed E-state index contributed by atoms with van der Waals surface area (Å²) in [5.41, 5.74) is 0. The molecule has 0 bridgehead atoms. The summed E-state index contributed by atoms with van der Waals surface area (Å²) in [6, 6.07) is 4.91. The summed E-state index contributed by atoms with van der Waals surface area (Å²) >= 11 is 1.97. The second-order valence-electron chi connectivity index (χ2n) is 5.45. The first kappa shape index (κ1) is 14.9. The fourth-order valence-corrected chi connectivity index (χ4v) is 3.92. The molecule has 1 unspecified atom stereocenters. The number of nitrogens with zero attached hydrogens (tertiary/aromatic N) is 1. The van der Waals surface area contributed by atoms with E-state index in [0.717, 1.165) is 12.5 Å². The van der Waals surface area contributed by atoms with E-state index in [1.54, 1.807) is 0 Å². The predicted octanol–water partition coefficient (Wildman–Crippen LogP) is 4.12. The van der Waals surface area contributed by atoms with Crippen molar-refractivity contribution in [2.24, 2.45) is 5.92 Å². The summed E-state index contributed by atoms with van der Waals surface area (Å²) in [6.07, 6.45) is 12.1. The molecule has 0 spiro atoms. The van der Waals surface area contributed by atoms with Crippen molar-refractivity contribution in [3.05, 3.63) is 24.5 Å². The number of rotatable bonds is 7. The first-order chi connectivity index (χ1) is 9.40. The SMILES string of the molecule is CCCNC(CSc1ccncc1)C1CCCCC1. The monoisotopic (exact) mass is 278 g/mol. The van der Waals surface area contributed by atoms with Crippen molar-refractivity contribution < 1.29 is 0 Å². The molecule has 0 radical (unpaired) electrons. The van der Waals surface area contributed by atoms with Gasteiger partial charge in [0.2, 0.25) is 0 Å². The van der Waals surface area contributed by atoms with Gasteiger partial charge >= 0.3 is 0 Å². The maximum Gasteiger partial charge on any atom is 0.0278 e. The van der Waals surface area contributed by atoms with E-state index in [0.29, 0.717) is 6.04 Å². The van der Waals surface area contributed by atoms with Crippen molar-refractivity contribution in [1.29, 1.82) is 0 Å². The lowest BCUT2D eigenvalue weighted by atomic mass is 9.84. The molecular weight excluding hydrogens is 252 g/mol. The van der Waals surface area contributed by atoms with Gasteiger partial charge in [-0.25, -0.2) is 0 Å². The van der Waals surface area contributed by atoms with Crippen molar-refractivity contribution in [3.63, 3.8) is 0 Å². The van der Waals surface area contributed by atoms with Crippen LogP contribution in [0, 0.1) is 5.92 Å². The second kappa shape index (κ2) is 8.60. The molecule has 0 amide bonds. The van der Waals surface area contributed by atoms with Gasteiger partial charge in [0.05, 0.1) is 0 Å². The molecule has 0 saturated heterocycles. The third-order valence-electron chi connectivity index (χ3n) is 3.95. The number of nitrogens with one attached hydrogen (secondary N) is 1. The Balaban J connectivity index is 1.85. The summed E-state index contributed by atoms with van der Waals surface area (Å²) < 4.78 is 0. The highest BCUT2D eigenvalue weighted by molar-refractivity contribution is 7.99. The van der Waals surface area contributed by atoms with Crippen LogP contribution in [0.25, 0.3) is 0 Å². The van der Waals surface area contributed by atoms with E-state index in [9.17, 15) is 0 Å². The molecule has 2 rings (SSSR count). The molecule has 0 aromatic carbocycles. The van der Waals surface area contributed by atoms with Gasteiger partial charge in [0.15, 0.2) is 0 Å². The van der Waals surface area contributed by atoms with Crippen LogP contribution in [0.2, 0.25) is 0 Å². The zero-order chi connectivity index (χ0) is 13.3. The molecule has 1 atom stereocenters. The average molecular weight is 278 g/mol. The molecule has 2 nitrogen and oxygen atoms in total. The summed E-state index contributed by atoms with van der Waals surface area (Å²) in [6.45, 7) is 3.40. The minimum Gasteiger partial charge on any atom is -0.313 e. The Bertz CT molecular complexity index is 336. The van der Waals surface area contributed by atoms with Crippen LogP contribution in [0.5, 0.6) is 0 Å². The van der Waals surface area contributed by atoms with Crippen LogP contribution in [0.4, 0.5) is 0 Å². The number of hydrogen-bond donors (Lipinski definition) is 1. The molecule has 106 valence electrons. The van der Waals surface area contributed by atoms with E-state index < -0.39 is 0 Å². The van der Waals surface area contributed by atoms with Crippen molar-refractivity contribution >= 4 is 11.8 Å². The highest BCUT2D eigenvalue weighted by atomic mass is 32.2. The van der Waals surface area contributed by atoms with Crippen LogP contribution in [-0.2, 0) is 0 Å². The van der Waals surface area contributed by atoms with Gasteiger partial charge in [0.1, 0.15) is 0 Å². The lowest BCUT2D eigenvalue weighted by molar-refractivity contribution is 0.285. The Labute approximate surface area is 121 Å². The van der Waals surface area contributed by atoms with Crippen molar-refractivity contribution in [2.45, 2.75) is 56.4 Å². The van der Waals surface area contributed by atoms with Gasteiger partial charge in [0, 0.05) is 29.1 Å². The third kappa shape index (κ3) is 5.15. The maximum absolute atomic E-state index is 4.08. The van der Waals surface area contributed by atoms with Crippen molar-refractivity contribution in [2.75, 3.05) is 12.3 Å². The van der Waals surface area contributed by atoms with E-state index in [1.807, 2.05) is 24.2 Å². The fourth-order valence-electron chi connectivity index (χ4n) is 2.85. The van der Waals surface area contributed by atoms with E-state index in [4.69, 9.17) is 0 Å². The molecule has 1 aliphatic carbocycles. The van der Waals surface area contributed by atoms with Gasteiger partial charge < -0.3 is 5.32 Å². The molecular formula is C16H26N2S. The molecule has 0 aliphatic heterocycles. The average Bonchev–Trinajstić information content (AvgIpc) is 2.49. The molecule has 1 fully saturated rings. The molecule has 1 aromatic rings. The molecule has 1 saturated carbocycles. The number of hydrogen-bond acceptors (Lipinski definition) is 3. The second-order valence-corrected chi connectivity index (χ2v) is 6.55. The van der Waals surface area contributed by atoms with E-state index in [-0.39, 0.29) is 0 Å². The van der Waals surface area contributed by atoms with E-state index in [2.05, 4.69) is 29.4 Å². The smallest absolute Gasteiger partial charge is 0.0278 e. The fraction of sp³-hybridized carbons (Fsp3) is 0.688. The first-order valence-corrected chi connectivity index (χ1v) is 8.65. The van der Waals surface area contributed by atoms with Crippen LogP contribution in [-0.4, -0.2) is 23.3 Å². The normalized spacial score (nSPS) is 18.4. The van der Waals surface area contributed by atoms with Gasteiger partial charge in [0.25, 0.3) is 0 Å². The Morgan fingerprint density at radius 2 is 2.00 bits per heavy atom. The Morgan fingerprint density at radius 1 is 1.26 bits per heavy atom. The van der Waals surface area contributed by atoms with Gasteiger partial charge in [-0.3, -0.25) is 4.98 Å². The highest BCUT2D eigenvalue weighted by Gasteiger charge is 2.23. The summed E-state index contributed by atoms with van der Waals surface area (Å²) in [5, 5.41) is 3.77. The largest absolute Gasteiger partial charge is 0.313 e. The Hall–Kier alpha value is -0.540. The predicted molar refractivity (Wildman–Crippen MR) is 83.6 cm³/mol. The minimum atomic E-state index is 0.679. The quantitative estimate of drug-likeness (QED) is 0.759. The Morgan fingerprint density at radius 3 is 2.68 bits per heavy atom. The van der Waals surface area contributed by atoms with Crippen LogP contribution in [0.15, 0.2) is 29.4 Å². The topological polar surface area (TPSA) is 24.9 Å². The van der Waals surface area contributed by atoms with E-state index >= 15 is 0 Å². The molecule has 19 heavy (non-hydrogen) atoms. The maximum atomic E-state index is 4.08. The lowest BCUT2D eigenvalue weighted by Gasteiger charge is -2.31.